The van der Waals surface area contributed by atoms with Gasteiger partial charge in [-0.1, -0.05) is 88.4 Å². The summed E-state index contributed by atoms with van der Waals surface area (Å²) >= 11 is 1.92. The zero-order chi connectivity index (χ0) is 16.5. The third kappa shape index (κ3) is 1.45. The second kappa shape index (κ2) is 4.52. The van der Waals surface area contributed by atoms with Crippen LogP contribution in [0.15, 0.2) is 60.7 Å². The van der Waals surface area contributed by atoms with Gasteiger partial charge in [-0.05, 0) is 11.1 Å². The molecule has 0 saturated carbocycles. The third-order valence-electron chi connectivity index (χ3n) is 6.33. The number of hydrogen-bond donors (Lipinski definition) is 0. The Hall–Kier alpha value is -1.06. The van der Waals surface area contributed by atoms with Crippen molar-refractivity contribution in [2.24, 2.45) is 10.8 Å². The molecule has 0 amide bonds. The van der Waals surface area contributed by atoms with Gasteiger partial charge in [0.15, 0.2) is 0 Å². The fraction of sp³-hybridized carbons (Fsp3) is 0.400. The Balaban J connectivity index is 1.98. The van der Waals surface area contributed by atoms with Crippen molar-refractivity contribution < 1.29 is 4.21 Å². The van der Waals surface area contributed by atoms with Crippen molar-refractivity contribution >= 4 is 22.6 Å². The molecule has 3 aliphatic rings. The summed E-state index contributed by atoms with van der Waals surface area (Å²) in [5.74, 6) is 0. The van der Waals surface area contributed by atoms with Crippen molar-refractivity contribution in [2.45, 2.75) is 35.9 Å². The molecular formula is C20H22OS2. The molecule has 0 N–H and O–H groups in total. The van der Waals surface area contributed by atoms with Crippen LogP contribution in [0.1, 0.15) is 38.8 Å². The second-order valence-electron chi connectivity index (χ2n) is 7.59. The molecule has 23 heavy (non-hydrogen) atoms. The first-order valence-corrected chi connectivity index (χ1v) is 10.0. The lowest BCUT2D eigenvalue weighted by molar-refractivity contribution is 0.122. The number of thioether (sulfide) groups is 1. The van der Waals surface area contributed by atoms with Gasteiger partial charge in [-0.2, -0.15) is 0 Å². The first kappa shape index (κ1) is 15.5. The first-order valence-electron chi connectivity index (χ1n) is 8.05. The van der Waals surface area contributed by atoms with Gasteiger partial charge in [-0.3, -0.25) is 4.21 Å². The lowest BCUT2D eigenvalue weighted by Crippen LogP contribution is -2.48. The molecule has 5 rings (SSSR count). The van der Waals surface area contributed by atoms with E-state index in [4.69, 9.17) is 0 Å². The number of fused-ring (bicyclic) bond motifs is 1. The summed E-state index contributed by atoms with van der Waals surface area (Å²) in [6.07, 6.45) is 0. The van der Waals surface area contributed by atoms with E-state index in [2.05, 4.69) is 76.2 Å². The Morgan fingerprint density at radius 3 is 1.35 bits per heavy atom. The molecule has 120 valence electrons. The van der Waals surface area contributed by atoms with Crippen LogP contribution in [0.4, 0.5) is 0 Å². The normalized spacial score (nSPS) is 36.4. The van der Waals surface area contributed by atoms with Gasteiger partial charge in [0, 0.05) is 10.8 Å². The summed E-state index contributed by atoms with van der Waals surface area (Å²) in [4.78, 5) is 0. The molecule has 2 aromatic rings. The van der Waals surface area contributed by atoms with Crippen molar-refractivity contribution in [3.8, 4) is 0 Å². The standard InChI is InChI=1S/C20H22OS2/c1-17(2)18(3,4)20(16-13-9-6-10-14-16)22-19(17,23(20)21)15-11-7-5-8-12-15/h5-14H,1-4H3. The van der Waals surface area contributed by atoms with E-state index in [1.165, 1.54) is 11.1 Å². The van der Waals surface area contributed by atoms with Crippen LogP contribution >= 0.6 is 11.8 Å². The minimum Gasteiger partial charge on any atom is -0.256 e. The molecule has 3 heteroatoms. The van der Waals surface area contributed by atoms with Gasteiger partial charge in [0.2, 0.25) is 0 Å². The number of rotatable bonds is 2. The summed E-state index contributed by atoms with van der Waals surface area (Å²) in [5, 5.41) is 0. The molecule has 3 saturated heterocycles. The summed E-state index contributed by atoms with van der Waals surface area (Å²) in [5.41, 5.74) is 2.25. The van der Waals surface area contributed by atoms with Crippen molar-refractivity contribution in [1.82, 2.24) is 0 Å². The summed E-state index contributed by atoms with van der Waals surface area (Å²) in [7, 11) is -0.965. The average molecular weight is 343 g/mol. The highest BCUT2D eigenvalue weighted by molar-refractivity contribution is 8.28. The molecule has 2 atom stereocenters. The maximum absolute atomic E-state index is 13.8. The third-order valence-corrected chi connectivity index (χ3v) is 12.3. The molecule has 3 aliphatic heterocycles. The van der Waals surface area contributed by atoms with E-state index in [0.717, 1.165) is 0 Å². The van der Waals surface area contributed by atoms with Crippen LogP contribution in [-0.4, -0.2) is 4.21 Å². The van der Waals surface area contributed by atoms with Crippen LogP contribution in [0.25, 0.3) is 0 Å². The first-order chi connectivity index (χ1) is 10.8. The van der Waals surface area contributed by atoms with Crippen LogP contribution in [0.5, 0.6) is 0 Å². The fourth-order valence-corrected chi connectivity index (χ4v) is 10.4. The Kier molecular flexibility index (Phi) is 3.04. The molecule has 2 unspecified atom stereocenters. The highest BCUT2D eigenvalue weighted by Crippen LogP contribution is 2.88. The van der Waals surface area contributed by atoms with Gasteiger partial charge in [0.1, 0.15) is 8.16 Å². The Labute approximate surface area is 145 Å². The Bertz CT molecular complexity index is 716. The number of benzene rings is 2. The summed E-state index contributed by atoms with van der Waals surface area (Å²) < 4.78 is 13.1. The zero-order valence-electron chi connectivity index (χ0n) is 14.0. The van der Waals surface area contributed by atoms with Crippen molar-refractivity contribution in [1.29, 1.82) is 0 Å². The summed E-state index contributed by atoms with van der Waals surface area (Å²) in [6.45, 7) is 9.18. The minimum absolute atomic E-state index is 0.0767. The van der Waals surface area contributed by atoms with Gasteiger partial charge in [-0.25, -0.2) is 0 Å². The molecule has 3 fully saturated rings. The van der Waals surface area contributed by atoms with E-state index in [0.29, 0.717) is 0 Å². The maximum Gasteiger partial charge on any atom is 0.125 e. The lowest BCUT2D eigenvalue weighted by Gasteiger charge is -2.49. The van der Waals surface area contributed by atoms with Gasteiger partial charge in [-0.15, -0.1) is 11.8 Å². The van der Waals surface area contributed by atoms with Gasteiger partial charge >= 0.3 is 0 Å². The molecule has 2 aromatic carbocycles. The minimum atomic E-state index is -0.965. The van der Waals surface area contributed by atoms with Crippen LogP contribution in [0.3, 0.4) is 0 Å². The summed E-state index contributed by atoms with van der Waals surface area (Å²) in [6, 6.07) is 20.9. The molecule has 0 aromatic heterocycles. The number of hydrogen-bond acceptors (Lipinski definition) is 2. The highest BCUT2D eigenvalue weighted by Gasteiger charge is 2.86. The van der Waals surface area contributed by atoms with Crippen molar-refractivity contribution in [3.63, 3.8) is 0 Å². The van der Waals surface area contributed by atoms with E-state index < -0.39 is 10.8 Å². The van der Waals surface area contributed by atoms with Crippen molar-refractivity contribution in [3.05, 3.63) is 71.8 Å². The Morgan fingerprint density at radius 2 is 1.04 bits per heavy atom. The Morgan fingerprint density at radius 1 is 0.696 bits per heavy atom. The molecular weight excluding hydrogens is 320 g/mol. The zero-order valence-corrected chi connectivity index (χ0v) is 15.6. The predicted octanol–water partition coefficient (Wildman–Crippen LogP) is 5.25. The molecule has 1 nitrogen and oxygen atoms in total. The van der Waals surface area contributed by atoms with Gasteiger partial charge < -0.3 is 0 Å². The molecule has 0 aliphatic carbocycles. The van der Waals surface area contributed by atoms with E-state index in [9.17, 15) is 4.21 Å². The monoisotopic (exact) mass is 342 g/mol. The van der Waals surface area contributed by atoms with E-state index in [1.54, 1.807) is 0 Å². The largest absolute Gasteiger partial charge is 0.256 e. The molecule has 0 radical (unpaired) electrons. The quantitative estimate of drug-likeness (QED) is 0.741. The van der Waals surface area contributed by atoms with Crippen LogP contribution in [0.2, 0.25) is 0 Å². The maximum atomic E-state index is 13.8. The van der Waals surface area contributed by atoms with E-state index >= 15 is 0 Å². The average Bonchev–Trinajstić information content (AvgIpc) is 2.76. The smallest absolute Gasteiger partial charge is 0.125 e. The second-order valence-corrected chi connectivity index (χ2v) is 11.3. The fourth-order valence-electron chi connectivity index (χ4n) is 4.36. The molecule has 3 heterocycles. The van der Waals surface area contributed by atoms with Crippen molar-refractivity contribution in [2.75, 3.05) is 0 Å². The molecule has 2 bridgehead atoms. The molecule has 0 spiro atoms. The van der Waals surface area contributed by atoms with E-state index in [-0.39, 0.29) is 19.0 Å². The topological polar surface area (TPSA) is 17.1 Å². The highest BCUT2D eigenvalue weighted by atomic mass is 32.3. The van der Waals surface area contributed by atoms with E-state index in [1.807, 2.05) is 23.9 Å². The van der Waals surface area contributed by atoms with Crippen LogP contribution in [-0.2, 0) is 19.0 Å². The predicted molar refractivity (Wildman–Crippen MR) is 99.5 cm³/mol. The SMILES string of the molecule is CC1(C)C2(c3ccccc3)SC(c3ccccc3)(S2=O)C1(C)C. The lowest BCUT2D eigenvalue weighted by atomic mass is 9.62. The van der Waals surface area contributed by atoms with Crippen LogP contribution < -0.4 is 0 Å². The van der Waals surface area contributed by atoms with Gasteiger partial charge in [0.25, 0.3) is 0 Å². The van der Waals surface area contributed by atoms with Gasteiger partial charge in [0.05, 0.1) is 10.8 Å². The van der Waals surface area contributed by atoms with Crippen LogP contribution in [0, 0.1) is 10.8 Å².